The van der Waals surface area contributed by atoms with Gasteiger partial charge in [0.05, 0.1) is 0 Å². The number of hydrogen-bond acceptors (Lipinski definition) is 4. The lowest BCUT2D eigenvalue weighted by Crippen LogP contribution is -2.30. The Kier molecular flexibility index (Phi) is 5.68. The van der Waals surface area contributed by atoms with E-state index in [0.29, 0.717) is 18.5 Å². The predicted molar refractivity (Wildman–Crippen MR) is 84.2 cm³/mol. The Balaban J connectivity index is 1.71. The number of Topliss-reactive ketones (excluding diaryl/α,β-unsaturated/α-hetero) is 1. The number of ketones is 1. The lowest BCUT2D eigenvalue weighted by molar-refractivity contribution is -0.124. The molecule has 1 aromatic heterocycles. The van der Waals surface area contributed by atoms with Crippen LogP contribution in [0.5, 0.6) is 0 Å². The number of aromatic nitrogens is 1. The molecule has 0 radical (unpaired) electrons. The number of amides is 1. The first-order chi connectivity index (χ1) is 11.1. The molecule has 0 spiro atoms. The Hall–Kier alpha value is -2.89. The molecule has 2 rings (SSSR count). The Morgan fingerprint density at radius 2 is 1.91 bits per heavy atom. The van der Waals surface area contributed by atoms with Crippen LogP contribution in [0.25, 0.3) is 0 Å². The van der Waals surface area contributed by atoms with Gasteiger partial charge in [-0.1, -0.05) is 30.3 Å². The van der Waals surface area contributed by atoms with Crippen molar-refractivity contribution in [3.63, 3.8) is 0 Å². The van der Waals surface area contributed by atoms with Gasteiger partial charge in [0.25, 0.3) is 5.91 Å². The van der Waals surface area contributed by atoms with Gasteiger partial charge in [0, 0.05) is 18.3 Å². The summed E-state index contributed by atoms with van der Waals surface area (Å²) >= 11 is 0. The smallest absolute Gasteiger partial charge is 0.355 e. The first-order valence-electron chi connectivity index (χ1n) is 7.23. The van der Waals surface area contributed by atoms with Crippen LogP contribution in [0.3, 0.4) is 0 Å². The minimum atomic E-state index is -0.671. The summed E-state index contributed by atoms with van der Waals surface area (Å²) in [6.07, 6.45) is 2.14. The van der Waals surface area contributed by atoms with E-state index in [9.17, 15) is 14.4 Å². The van der Waals surface area contributed by atoms with E-state index in [1.165, 1.54) is 19.2 Å². The molecule has 1 heterocycles. The second-order valence-electron chi connectivity index (χ2n) is 5.02. The number of rotatable bonds is 7. The average molecular weight is 314 g/mol. The normalized spacial score (nSPS) is 10.1. The van der Waals surface area contributed by atoms with Gasteiger partial charge in [-0.15, -0.1) is 0 Å². The number of nitrogens with one attached hydrogen (secondary N) is 2. The van der Waals surface area contributed by atoms with Crippen molar-refractivity contribution in [3.05, 3.63) is 59.4 Å². The highest BCUT2D eigenvalue weighted by Gasteiger charge is 2.13. The molecular formula is C17H18N2O4. The van der Waals surface area contributed by atoms with E-state index >= 15 is 0 Å². The van der Waals surface area contributed by atoms with Crippen LogP contribution in [0.4, 0.5) is 0 Å². The van der Waals surface area contributed by atoms with Crippen LogP contribution < -0.4 is 5.32 Å². The number of carbonyl (C=O) groups is 3. The molecule has 0 aliphatic heterocycles. The molecule has 1 amide bonds. The predicted octanol–water partition coefficient (Wildman–Crippen LogP) is 1.73. The van der Waals surface area contributed by atoms with Crippen molar-refractivity contribution < 1.29 is 19.1 Å². The van der Waals surface area contributed by atoms with Gasteiger partial charge in [0.1, 0.15) is 5.69 Å². The summed E-state index contributed by atoms with van der Waals surface area (Å²) in [7, 11) is 0. The monoisotopic (exact) mass is 314 g/mol. The van der Waals surface area contributed by atoms with E-state index in [1.807, 2.05) is 30.3 Å². The number of ether oxygens (including phenoxy) is 1. The Bertz CT molecular complexity index is 692. The summed E-state index contributed by atoms with van der Waals surface area (Å²) in [5, 5.41) is 2.68. The number of esters is 1. The summed E-state index contributed by atoms with van der Waals surface area (Å²) in [4.78, 5) is 37.2. The van der Waals surface area contributed by atoms with E-state index in [2.05, 4.69) is 10.3 Å². The van der Waals surface area contributed by atoms with E-state index in [-0.39, 0.29) is 24.0 Å². The largest absolute Gasteiger partial charge is 0.451 e. The lowest BCUT2D eigenvalue weighted by atomic mass is 10.1. The zero-order valence-electron chi connectivity index (χ0n) is 12.8. The van der Waals surface area contributed by atoms with Crippen molar-refractivity contribution in [1.29, 1.82) is 0 Å². The molecule has 0 aliphatic rings. The molecule has 0 saturated heterocycles. The maximum Gasteiger partial charge on any atom is 0.355 e. The van der Waals surface area contributed by atoms with Gasteiger partial charge in [-0.05, 0) is 25.0 Å². The molecule has 0 atom stereocenters. The molecule has 2 aromatic rings. The van der Waals surface area contributed by atoms with Crippen molar-refractivity contribution in [2.75, 3.05) is 13.2 Å². The highest BCUT2D eigenvalue weighted by Crippen LogP contribution is 2.05. The number of hydrogen-bond donors (Lipinski definition) is 2. The highest BCUT2D eigenvalue weighted by molar-refractivity contribution is 5.97. The second-order valence-corrected chi connectivity index (χ2v) is 5.02. The van der Waals surface area contributed by atoms with Crippen molar-refractivity contribution in [2.24, 2.45) is 0 Å². The summed E-state index contributed by atoms with van der Waals surface area (Å²) in [6.45, 7) is 1.51. The number of H-pyrrole nitrogens is 1. The van der Waals surface area contributed by atoms with Gasteiger partial charge in [-0.2, -0.15) is 0 Å². The van der Waals surface area contributed by atoms with Crippen LogP contribution in [0.2, 0.25) is 0 Å². The topological polar surface area (TPSA) is 88.3 Å². The van der Waals surface area contributed by atoms with Crippen LogP contribution in [0.1, 0.15) is 33.3 Å². The molecular weight excluding hydrogens is 296 g/mol. The first kappa shape index (κ1) is 16.5. The average Bonchev–Trinajstić information content (AvgIpc) is 3.04. The van der Waals surface area contributed by atoms with Gasteiger partial charge in [0.2, 0.25) is 0 Å². The molecule has 0 saturated carbocycles. The molecule has 0 aliphatic carbocycles. The third-order valence-corrected chi connectivity index (χ3v) is 3.22. The van der Waals surface area contributed by atoms with E-state index < -0.39 is 5.97 Å². The Morgan fingerprint density at radius 3 is 2.57 bits per heavy atom. The number of aromatic amines is 1. The van der Waals surface area contributed by atoms with Gasteiger partial charge in [0.15, 0.2) is 12.4 Å². The van der Waals surface area contributed by atoms with Crippen LogP contribution >= 0.6 is 0 Å². The maximum absolute atomic E-state index is 11.7. The van der Waals surface area contributed by atoms with E-state index in [0.717, 1.165) is 5.56 Å². The number of benzene rings is 1. The summed E-state index contributed by atoms with van der Waals surface area (Å²) < 4.78 is 4.89. The fourth-order valence-corrected chi connectivity index (χ4v) is 1.97. The zero-order chi connectivity index (χ0) is 16.7. The molecule has 0 bridgehead atoms. The molecule has 0 fully saturated rings. The van der Waals surface area contributed by atoms with Gasteiger partial charge in [-0.25, -0.2) is 4.79 Å². The van der Waals surface area contributed by atoms with E-state index in [4.69, 9.17) is 4.74 Å². The van der Waals surface area contributed by atoms with Crippen molar-refractivity contribution >= 4 is 17.7 Å². The van der Waals surface area contributed by atoms with E-state index in [1.54, 1.807) is 0 Å². The Labute approximate surface area is 133 Å². The number of carbonyl (C=O) groups excluding carboxylic acids is 3. The fourth-order valence-electron chi connectivity index (χ4n) is 1.97. The van der Waals surface area contributed by atoms with Crippen LogP contribution in [0, 0.1) is 0 Å². The lowest BCUT2D eigenvalue weighted by Gasteiger charge is -2.06. The minimum Gasteiger partial charge on any atom is -0.451 e. The molecule has 120 valence electrons. The quantitative estimate of drug-likeness (QED) is 0.602. The van der Waals surface area contributed by atoms with Crippen LogP contribution in [0.15, 0.2) is 42.6 Å². The van der Waals surface area contributed by atoms with Gasteiger partial charge >= 0.3 is 5.97 Å². The molecule has 23 heavy (non-hydrogen) atoms. The van der Waals surface area contributed by atoms with Gasteiger partial charge in [-0.3, -0.25) is 9.59 Å². The standard InChI is InChI=1S/C17H18N2O4/c1-12(20)14-9-15(19-10-14)17(22)23-11-16(21)18-8-7-13-5-3-2-4-6-13/h2-6,9-10,19H,7-8,11H2,1H3,(H,18,21). The zero-order valence-corrected chi connectivity index (χ0v) is 12.8. The molecule has 0 unspecified atom stereocenters. The second kappa shape index (κ2) is 7.93. The molecule has 2 N–H and O–H groups in total. The van der Waals surface area contributed by atoms with Crippen molar-refractivity contribution in [3.8, 4) is 0 Å². The SMILES string of the molecule is CC(=O)c1c[nH]c(C(=O)OCC(=O)NCCc2ccccc2)c1. The highest BCUT2D eigenvalue weighted by atomic mass is 16.5. The first-order valence-corrected chi connectivity index (χ1v) is 7.23. The fraction of sp³-hybridized carbons (Fsp3) is 0.235. The van der Waals surface area contributed by atoms with Crippen molar-refractivity contribution in [2.45, 2.75) is 13.3 Å². The molecule has 1 aromatic carbocycles. The maximum atomic E-state index is 11.7. The Morgan fingerprint density at radius 1 is 1.17 bits per heavy atom. The van der Waals surface area contributed by atoms with Gasteiger partial charge < -0.3 is 15.0 Å². The molecule has 6 nitrogen and oxygen atoms in total. The summed E-state index contributed by atoms with van der Waals surface area (Å²) in [5.74, 6) is -1.19. The van der Waals surface area contributed by atoms with Crippen molar-refractivity contribution in [1.82, 2.24) is 10.3 Å². The third kappa shape index (κ3) is 5.10. The summed E-state index contributed by atoms with van der Waals surface area (Å²) in [5.41, 5.74) is 1.66. The van der Waals surface area contributed by atoms with Crippen LogP contribution in [-0.2, 0) is 16.0 Å². The minimum absolute atomic E-state index is 0.146. The van der Waals surface area contributed by atoms with Crippen LogP contribution in [-0.4, -0.2) is 35.8 Å². The molecule has 6 heteroatoms. The third-order valence-electron chi connectivity index (χ3n) is 3.22. The summed E-state index contributed by atoms with van der Waals surface area (Å²) in [6, 6.07) is 11.2.